The summed E-state index contributed by atoms with van der Waals surface area (Å²) in [5, 5.41) is 2.96. The van der Waals surface area contributed by atoms with Gasteiger partial charge in [0.2, 0.25) is 5.91 Å². The van der Waals surface area contributed by atoms with E-state index in [0.717, 1.165) is 28.4 Å². The Kier molecular flexibility index (Phi) is 4.72. The summed E-state index contributed by atoms with van der Waals surface area (Å²) < 4.78 is 0. The first-order chi connectivity index (χ1) is 14.4. The van der Waals surface area contributed by atoms with Gasteiger partial charge in [-0.15, -0.1) is 0 Å². The first-order valence-electron chi connectivity index (χ1n) is 9.51. The number of carbonyl (C=O) groups is 3. The molecule has 2 aromatic carbocycles. The second-order valence-corrected chi connectivity index (χ2v) is 9.55. The van der Waals surface area contributed by atoms with Gasteiger partial charge in [-0.1, -0.05) is 41.4 Å². The fourth-order valence-electron chi connectivity index (χ4n) is 4.64. The smallest absolute Gasteiger partial charge is 0.335 e. The second kappa shape index (κ2) is 7.18. The third kappa shape index (κ3) is 2.76. The van der Waals surface area contributed by atoms with E-state index >= 15 is 0 Å². The monoisotopic (exact) mass is 461 g/mol. The van der Waals surface area contributed by atoms with E-state index < -0.39 is 23.3 Å². The maximum absolute atomic E-state index is 14.0. The number of para-hydroxylation sites is 1. The molecule has 0 aromatic heterocycles. The number of carbonyl (C=O) groups excluding carboxylic acids is 3. The molecule has 0 bridgehead atoms. The summed E-state index contributed by atoms with van der Waals surface area (Å²) in [4.78, 5) is 43.1. The topological polar surface area (TPSA) is 69.7 Å². The van der Waals surface area contributed by atoms with E-state index in [-0.39, 0.29) is 23.2 Å². The average Bonchev–Trinajstić information content (AvgIpc) is 2.74. The molecule has 0 saturated carbocycles. The van der Waals surface area contributed by atoms with Gasteiger partial charge in [-0.05, 0) is 36.2 Å². The minimum absolute atomic E-state index is 0.174. The largest absolute Gasteiger partial charge is 0.365 e. The van der Waals surface area contributed by atoms with Crippen molar-refractivity contribution in [2.24, 2.45) is 5.41 Å². The lowest BCUT2D eigenvalue weighted by Crippen LogP contribution is -2.73. The predicted molar refractivity (Wildman–Crippen MR) is 119 cm³/mol. The van der Waals surface area contributed by atoms with Crippen molar-refractivity contribution in [2.75, 3.05) is 27.9 Å². The molecule has 2 atom stereocenters. The molecule has 6 nitrogen and oxygen atoms in total. The van der Waals surface area contributed by atoms with Gasteiger partial charge in [0.15, 0.2) is 5.41 Å². The number of benzene rings is 2. The summed E-state index contributed by atoms with van der Waals surface area (Å²) in [6.45, 7) is 0.723. The van der Waals surface area contributed by atoms with Crippen LogP contribution < -0.4 is 15.1 Å². The average molecular weight is 462 g/mol. The molecule has 3 aliphatic heterocycles. The van der Waals surface area contributed by atoms with Gasteiger partial charge in [0.25, 0.3) is 5.91 Å². The van der Waals surface area contributed by atoms with Crippen LogP contribution >= 0.6 is 35.0 Å². The number of hydrogen-bond donors (Lipinski definition) is 1. The highest BCUT2D eigenvalue weighted by Crippen LogP contribution is 2.47. The van der Waals surface area contributed by atoms with Crippen LogP contribution in [0.25, 0.3) is 0 Å². The molecule has 9 heteroatoms. The summed E-state index contributed by atoms with van der Waals surface area (Å²) in [7, 11) is 0. The van der Waals surface area contributed by atoms with Crippen LogP contribution in [-0.4, -0.2) is 41.9 Å². The number of hydrogen-bond acceptors (Lipinski definition) is 5. The third-order valence-corrected chi connectivity index (χ3v) is 7.61. The molecule has 2 saturated heterocycles. The SMILES string of the molecule is O=C1NC(=O)C2(Cc3ccccc3N3CCSCC32)C(=O)N1c1cc(Cl)ccc1Cl. The summed E-state index contributed by atoms with van der Waals surface area (Å²) in [5.74, 6) is 0.393. The molecule has 3 heterocycles. The Morgan fingerprint density at radius 2 is 1.87 bits per heavy atom. The number of imide groups is 2. The Hall–Kier alpha value is -2.22. The lowest BCUT2D eigenvalue weighted by Gasteiger charge is -2.53. The molecule has 0 aliphatic carbocycles. The highest BCUT2D eigenvalue weighted by molar-refractivity contribution is 7.99. The highest BCUT2D eigenvalue weighted by atomic mass is 35.5. The number of halogens is 2. The summed E-state index contributed by atoms with van der Waals surface area (Å²) in [6, 6.07) is 11.2. The van der Waals surface area contributed by atoms with Crippen molar-refractivity contribution >= 4 is 64.2 Å². The molecule has 30 heavy (non-hydrogen) atoms. The van der Waals surface area contributed by atoms with E-state index in [1.54, 1.807) is 17.8 Å². The number of urea groups is 1. The Bertz CT molecular complexity index is 1090. The number of thioether (sulfide) groups is 1. The minimum Gasteiger partial charge on any atom is -0.365 e. The number of barbiturate groups is 1. The summed E-state index contributed by atoms with van der Waals surface area (Å²) >= 11 is 14.1. The van der Waals surface area contributed by atoms with Crippen LogP contribution in [0.1, 0.15) is 5.56 Å². The minimum atomic E-state index is -1.43. The fraction of sp³-hybridized carbons (Fsp3) is 0.286. The van der Waals surface area contributed by atoms with Crippen LogP contribution in [0.5, 0.6) is 0 Å². The van der Waals surface area contributed by atoms with E-state index in [9.17, 15) is 14.4 Å². The van der Waals surface area contributed by atoms with Gasteiger partial charge in [0, 0.05) is 28.8 Å². The van der Waals surface area contributed by atoms with E-state index in [1.807, 2.05) is 24.3 Å². The molecule has 154 valence electrons. The van der Waals surface area contributed by atoms with E-state index in [1.165, 1.54) is 12.1 Å². The van der Waals surface area contributed by atoms with Crippen molar-refractivity contribution in [3.63, 3.8) is 0 Å². The van der Waals surface area contributed by atoms with Crippen molar-refractivity contribution in [2.45, 2.75) is 12.5 Å². The lowest BCUT2D eigenvalue weighted by atomic mass is 9.69. The Labute approximate surface area is 187 Å². The van der Waals surface area contributed by atoms with Gasteiger partial charge in [-0.3, -0.25) is 14.9 Å². The zero-order valence-corrected chi connectivity index (χ0v) is 18.1. The van der Waals surface area contributed by atoms with Gasteiger partial charge in [-0.25, -0.2) is 9.69 Å². The third-order valence-electron chi connectivity index (χ3n) is 6.03. The number of fused-ring (bicyclic) bond motifs is 4. The Morgan fingerprint density at radius 1 is 1.07 bits per heavy atom. The quantitative estimate of drug-likeness (QED) is 0.654. The van der Waals surface area contributed by atoms with Crippen molar-refractivity contribution in [3.05, 3.63) is 58.1 Å². The van der Waals surface area contributed by atoms with Crippen LogP contribution in [0.3, 0.4) is 0 Å². The van der Waals surface area contributed by atoms with Gasteiger partial charge >= 0.3 is 6.03 Å². The summed E-state index contributed by atoms with van der Waals surface area (Å²) in [5.41, 5.74) is 0.697. The molecule has 4 amide bonds. The summed E-state index contributed by atoms with van der Waals surface area (Å²) in [6.07, 6.45) is 0.220. The molecule has 1 spiro atoms. The lowest BCUT2D eigenvalue weighted by molar-refractivity contribution is -0.144. The van der Waals surface area contributed by atoms with Crippen LogP contribution in [-0.2, 0) is 16.0 Å². The number of amides is 4. The standard InChI is InChI=1S/C21H17Cl2N3O3S/c22-13-5-6-14(23)16(9-13)26-19(28)21(18(27)24-20(26)29)10-12-3-1-2-4-15(12)25-7-8-30-11-17(21)25/h1-6,9,17H,7-8,10-11H2,(H,24,27,29). The van der Waals surface area contributed by atoms with Crippen molar-refractivity contribution in [1.29, 1.82) is 0 Å². The molecule has 5 rings (SSSR count). The number of rotatable bonds is 1. The fourth-order valence-corrected chi connectivity index (χ4v) is 6.19. The Balaban J connectivity index is 1.68. The maximum atomic E-state index is 14.0. The molecule has 1 N–H and O–H groups in total. The van der Waals surface area contributed by atoms with Gasteiger partial charge in [-0.2, -0.15) is 11.8 Å². The number of nitrogens with one attached hydrogen (secondary N) is 1. The van der Waals surface area contributed by atoms with E-state index in [2.05, 4.69) is 10.2 Å². The van der Waals surface area contributed by atoms with Crippen molar-refractivity contribution in [3.8, 4) is 0 Å². The number of nitrogens with zero attached hydrogens (tertiary/aromatic N) is 2. The predicted octanol–water partition coefficient (Wildman–Crippen LogP) is 3.74. The first kappa shape index (κ1) is 19.7. The van der Waals surface area contributed by atoms with Gasteiger partial charge < -0.3 is 4.90 Å². The highest BCUT2D eigenvalue weighted by Gasteiger charge is 2.62. The first-order valence-corrected chi connectivity index (χ1v) is 11.4. The van der Waals surface area contributed by atoms with Gasteiger partial charge in [0.1, 0.15) is 0 Å². The van der Waals surface area contributed by atoms with Crippen LogP contribution in [0.2, 0.25) is 10.0 Å². The zero-order valence-electron chi connectivity index (χ0n) is 15.7. The number of anilines is 2. The van der Waals surface area contributed by atoms with Crippen LogP contribution in [0.15, 0.2) is 42.5 Å². The molecular weight excluding hydrogens is 445 g/mol. The molecule has 2 fully saturated rings. The van der Waals surface area contributed by atoms with Crippen molar-refractivity contribution in [1.82, 2.24) is 5.32 Å². The van der Waals surface area contributed by atoms with Crippen LogP contribution in [0, 0.1) is 5.41 Å². The Morgan fingerprint density at radius 3 is 2.70 bits per heavy atom. The van der Waals surface area contributed by atoms with Gasteiger partial charge in [0.05, 0.1) is 16.8 Å². The molecule has 2 aromatic rings. The molecule has 2 unspecified atom stereocenters. The maximum Gasteiger partial charge on any atom is 0.335 e. The second-order valence-electron chi connectivity index (χ2n) is 7.56. The zero-order chi connectivity index (χ0) is 21.0. The van der Waals surface area contributed by atoms with Crippen LogP contribution in [0.4, 0.5) is 16.2 Å². The van der Waals surface area contributed by atoms with E-state index in [4.69, 9.17) is 23.2 Å². The van der Waals surface area contributed by atoms with E-state index in [0.29, 0.717) is 10.8 Å². The molecule has 3 aliphatic rings. The molecule has 0 radical (unpaired) electrons. The normalized spacial score (nSPS) is 25.8. The van der Waals surface area contributed by atoms with Crippen molar-refractivity contribution < 1.29 is 14.4 Å². The molecular formula is C21H17Cl2N3O3S.